The lowest BCUT2D eigenvalue weighted by Gasteiger charge is -2.34. The Balaban J connectivity index is 1.79. The monoisotopic (exact) mass is 314 g/mol. The average molecular weight is 314 g/mol. The van der Waals surface area contributed by atoms with E-state index in [2.05, 4.69) is 29.7 Å². The van der Waals surface area contributed by atoms with Gasteiger partial charge in [-0.25, -0.2) is 4.98 Å². The Bertz CT molecular complexity index is 685. The fraction of sp³-hybridized carbons (Fsp3) is 0.556. The quantitative estimate of drug-likeness (QED) is 0.943. The third kappa shape index (κ3) is 2.98. The second-order valence-electron chi connectivity index (χ2n) is 6.31. The van der Waals surface area contributed by atoms with Gasteiger partial charge in [-0.05, 0) is 31.4 Å². The number of likely N-dealkylation sites (tertiary alicyclic amines) is 1. The number of amides is 1. The van der Waals surface area contributed by atoms with Crippen molar-refractivity contribution in [3.05, 3.63) is 30.1 Å². The van der Waals surface area contributed by atoms with E-state index in [0.717, 1.165) is 43.7 Å². The lowest BCUT2D eigenvalue weighted by Crippen LogP contribution is -2.47. The van der Waals surface area contributed by atoms with E-state index in [0.29, 0.717) is 12.5 Å². The van der Waals surface area contributed by atoms with Gasteiger partial charge in [0.25, 0.3) is 0 Å². The molecule has 1 amide bonds. The van der Waals surface area contributed by atoms with Crippen molar-refractivity contribution < 1.29 is 4.79 Å². The summed E-state index contributed by atoms with van der Waals surface area (Å²) in [6, 6.07) is 8.38. The lowest BCUT2D eigenvalue weighted by atomic mass is 10.0. The van der Waals surface area contributed by atoms with Crippen LogP contribution in [0.3, 0.4) is 0 Å². The summed E-state index contributed by atoms with van der Waals surface area (Å²) < 4.78 is 2.39. The molecule has 0 aliphatic carbocycles. The summed E-state index contributed by atoms with van der Waals surface area (Å²) in [6.45, 7) is 5.68. The second-order valence-corrected chi connectivity index (χ2v) is 6.31. The molecule has 2 aromatic rings. The van der Waals surface area contributed by atoms with E-state index in [4.69, 9.17) is 10.7 Å². The molecule has 1 aliphatic rings. The summed E-state index contributed by atoms with van der Waals surface area (Å²) in [4.78, 5) is 18.9. The van der Waals surface area contributed by atoms with E-state index >= 15 is 0 Å². The average Bonchev–Trinajstić information content (AvgIpc) is 2.99. The van der Waals surface area contributed by atoms with Crippen molar-refractivity contribution in [3.63, 3.8) is 0 Å². The molecule has 23 heavy (non-hydrogen) atoms. The number of benzene rings is 1. The third-order valence-electron chi connectivity index (χ3n) is 4.88. The first kappa shape index (κ1) is 16.0. The lowest BCUT2D eigenvalue weighted by molar-refractivity contribution is -0.133. The summed E-state index contributed by atoms with van der Waals surface area (Å²) in [7, 11) is 0. The predicted octanol–water partition coefficient (Wildman–Crippen LogP) is 2.50. The van der Waals surface area contributed by atoms with Crippen LogP contribution >= 0.6 is 0 Å². The van der Waals surface area contributed by atoms with Crippen LogP contribution in [0.5, 0.6) is 0 Å². The molecule has 2 heterocycles. The second kappa shape index (κ2) is 6.71. The zero-order valence-corrected chi connectivity index (χ0v) is 14.0. The summed E-state index contributed by atoms with van der Waals surface area (Å²) in [5, 5.41) is 0. The molecule has 3 rings (SSSR count). The predicted molar refractivity (Wildman–Crippen MR) is 92.2 cm³/mol. The van der Waals surface area contributed by atoms with Gasteiger partial charge in [-0.3, -0.25) is 4.79 Å². The maximum atomic E-state index is 12.2. The Morgan fingerprint density at radius 1 is 1.30 bits per heavy atom. The fourth-order valence-electron chi connectivity index (χ4n) is 3.50. The number of aryl methyl sites for hydroxylation is 1. The zero-order valence-electron chi connectivity index (χ0n) is 14.0. The number of nitrogens with two attached hydrogens (primary N) is 1. The Kier molecular flexibility index (Phi) is 4.66. The molecule has 0 spiro atoms. The number of hydrogen-bond acceptors (Lipinski definition) is 3. The smallest absolute Gasteiger partial charge is 0.239 e. The molecule has 2 N–H and O–H groups in total. The molecule has 5 heteroatoms. The molecule has 1 aromatic heterocycles. The van der Waals surface area contributed by atoms with E-state index in [9.17, 15) is 4.79 Å². The molecule has 0 bridgehead atoms. The molecule has 1 aliphatic heterocycles. The van der Waals surface area contributed by atoms with Crippen molar-refractivity contribution in [2.24, 2.45) is 5.73 Å². The van der Waals surface area contributed by atoms with Crippen molar-refractivity contribution in [2.45, 2.75) is 51.6 Å². The highest BCUT2D eigenvalue weighted by atomic mass is 16.2. The topological polar surface area (TPSA) is 64.2 Å². The third-order valence-corrected chi connectivity index (χ3v) is 4.88. The normalized spacial score (nSPS) is 17.6. The number of hydrogen-bond donors (Lipinski definition) is 1. The van der Waals surface area contributed by atoms with Crippen molar-refractivity contribution in [1.82, 2.24) is 14.5 Å². The number of carbonyl (C=O) groups excluding carboxylic acids is 1. The van der Waals surface area contributed by atoms with Crippen molar-refractivity contribution >= 4 is 16.9 Å². The van der Waals surface area contributed by atoms with Crippen LogP contribution in [0.2, 0.25) is 0 Å². The molecule has 1 fully saturated rings. The minimum Gasteiger partial charge on any atom is -0.341 e. The Morgan fingerprint density at radius 2 is 2.00 bits per heavy atom. The van der Waals surface area contributed by atoms with Gasteiger partial charge in [-0.2, -0.15) is 0 Å². The standard InChI is InChI=1S/C18H26N4O/c1-3-14(19)18(23)21-11-9-13(10-12-21)22-16-8-6-5-7-15(16)20-17(22)4-2/h5-8,13-14H,3-4,9-12,19H2,1-2H3/t14-/m1/s1. The van der Waals surface area contributed by atoms with Crippen LogP contribution in [0.15, 0.2) is 24.3 Å². The molecular weight excluding hydrogens is 288 g/mol. The molecular formula is C18H26N4O. The van der Waals surface area contributed by atoms with Gasteiger partial charge in [0, 0.05) is 25.6 Å². The summed E-state index contributed by atoms with van der Waals surface area (Å²) in [5.41, 5.74) is 8.16. The van der Waals surface area contributed by atoms with Crippen LogP contribution in [0.1, 0.15) is 45.0 Å². The first-order valence-electron chi connectivity index (χ1n) is 8.65. The van der Waals surface area contributed by atoms with Crippen molar-refractivity contribution in [3.8, 4) is 0 Å². The number of carbonyl (C=O) groups is 1. The highest BCUT2D eigenvalue weighted by Gasteiger charge is 2.28. The maximum Gasteiger partial charge on any atom is 0.239 e. The first-order valence-corrected chi connectivity index (χ1v) is 8.65. The van der Waals surface area contributed by atoms with Gasteiger partial charge in [0.15, 0.2) is 0 Å². The number of fused-ring (bicyclic) bond motifs is 1. The largest absolute Gasteiger partial charge is 0.341 e. The number of aromatic nitrogens is 2. The number of piperidine rings is 1. The molecule has 0 saturated carbocycles. The number of imidazole rings is 1. The van der Waals surface area contributed by atoms with Crippen molar-refractivity contribution in [1.29, 1.82) is 0 Å². The minimum atomic E-state index is -0.355. The summed E-state index contributed by atoms with van der Waals surface area (Å²) in [5.74, 6) is 1.23. The highest BCUT2D eigenvalue weighted by molar-refractivity contribution is 5.81. The molecule has 0 radical (unpaired) electrons. The van der Waals surface area contributed by atoms with Crippen LogP contribution < -0.4 is 5.73 Å². The van der Waals surface area contributed by atoms with Crippen LogP contribution in [-0.4, -0.2) is 39.5 Å². The molecule has 124 valence electrons. The number of para-hydroxylation sites is 2. The van der Waals surface area contributed by atoms with E-state index in [1.54, 1.807) is 0 Å². The first-order chi connectivity index (χ1) is 11.2. The Morgan fingerprint density at radius 3 is 2.65 bits per heavy atom. The van der Waals surface area contributed by atoms with E-state index in [1.807, 2.05) is 17.9 Å². The molecule has 1 saturated heterocycles. The Hall–Kier alpha value is -1.88. The maximum absolute atomic E-state index is 12.2. The zero-order chi connectivity index (χ0) is 16.4. The summed E-state index contributed by atoms with van der Waals surface area (Å²) in [6.07, 6.45) is 3.56. The minimum absolute atomic E-state index is 0.0946. The number of rotatable bonds is 4. The van der Waals surface area contributed by atoms with Gasteiger partial charge in [0.1, 0.15) is 5.82 Å². The molecule has 5 nitrogen and oxygen atoms in total. The van der Waals surface area contributed by atoms with Crippen LogP contribution in [-0.2, 0) is 11.2 Å². The van der Waals surface area contributed by atoms with Gasteiger partial charge in [0.2, 0.25) is 5.91 Å². The van der Waals surface area contributed by atoms with E-state index < -0.39 is 0 Å². The number of nitrogens with zero attached hydrogens (tertiary/aromatic N) is 3. The summed E-state index contributed by atoms with van der Waals surface area (Å²) >= 11 is 0. The fourth-order valence-corrected chi connectivity index (χ4v) is 3.50. The Labute approximate surface area is 137 Å². The van der Waals surface area contributed by atoms with Gasteiger partial charge >= 0.3 is 0 Å². The van der Waals surface area contributed by atoms with Crippen molar-refractivity contribution in [2.75, 3.05) is 13.1 Å². The van der Waals surface area contributed by atoms with E-state index in [-0.39, 0.29) is 11.9 Å². The van der Waals surface area contributed by atoms with E-state index in [1.165, 1.54) is 5.52 Å². The van der Waals surface area contributed by atoms with Crippen LogP contribution in [0.4, 0.5) is 0 Å². The SMILES string of the molecule is CCc1nc2ccccc2n1C1CCN(C(=O)[C@H](N)CC)CC1. The van der Waals surface area contributed by atoms with Crippen LogP contribution in [0.25, 0.3) is 11.0 Å². The molecule has 1 aromatic carbocycles. The van der Waals surface area contributed by atoms with Gasteiger partial charge in [0.05, 0.1) is 17.1 Å². The van der Waals surface area contributed by atoms with Gasteiger partial charge < -0.3 is 15.2 Å². The van der Waals surface area contributed by atoms with Gasteiger partial charge in [-0.1, -0.05) is 26.0 Å². The van der Waals surface area contributed by atoms with Gasteiger partial charge in [-0.15, -0.1) is 0 Å². The van der Waals surface area contributed by atoms with Crippen LogP contribution in [0, 0.1) is 0 Å². The molecule has 1 atom stereocenters. The highest BCUT2D eigenvalue weighted by Crippen LogP contribution is 2.29. The molecule has 0 unspecified atom stereocenters.